The fourth-order valence-corrected chi connectivity index (χ4v) is 6.16. The first-order chi connectivity index (χ1) is 12.1. The molecule has 0 aromatic carbocycles. The zero-order chi connectivity index (χ0) is 19.6. The monoisotopic (exact) mass is 401 g/mol. The van der Waals surface area contributed by atoms with Gasteiger partial charge in [0.2, 0.25) is 5.91 Å². The molecule has 2 heterocycles. The van der Waals surface area contributed by atoms with Gasteiger partial charge < -0.3 is 9.47 Å². The molecule has 6 nitrogen and oxygen atoms in total. The van der Waals surface area contributed by atoms with Crippen molar-refractivity contribution < 1.29 is 13.2 Å². The molecule has 1 aromatic heterocycles. The maximum atomic E-state index is 13.0. The molecular weight excluding hydrogens is 370 g/mol. The Morgan fingerprint density at radius 2 is 2.00 bits per heavy atom. The number of nitrogens with zero attached hydrogens (tertiary/aromatic N) is 3. The lowest BCUT2D eigenvalue weighted by Gasteiger charge is -2.29. The third kappa shape index (κ3) is 4.82. The highest BCUT2D eigenvalue weighted by Gasteiger charge is 2.35. The molecule has 26 heavy (non-hydrogen) atoms. The van der Waals surface area contributed by atoms with Crippen LogP contribution in [-0.4, -0.2) is 58.1 Å². The first kappa shape index (κ1) is 21.3. The van der Waals surface area contributed by atoms with Crippen molar-refractivity contribution in [2.45, 2.75) is 71.0 Å². The van der Waals surface area contributed by atoms with Crippen LogP contribution < -0.4 is 0 Å². The number of imidazole rings is 1. The Kier molecular flexibility index (Phi) is 6.82. The Bertz CT molecular complexity index is 756. The zero-order valence-corrected chi connectivity index (χ0v) is 18.3. The average Bonchev–Trinajstić information content (AvgIpc) is 3.02. The maximum Gasteiger partial charge on any atom is 0.236 e. The Hall–Kier alpha value is -1.02. The molecule has 0 aliphatic carbocycles. The molecule has 148 valence electrons. The Morgan fingerprint density at radius 3 is 2.50 bits per heavy atom. The zero-order valence-electron chi connectivity index (χ0n) is 16.7. The van der Waals surface area contributed by atoms with Gasteiger partial charge in [-0.05, 0) is 40.0 Å². The van der Waals surface area contributed by atoms with Gasteiger partial charge in [-0.2, -0.15) is 0 Å². The van der Waals surface area contributed by atoms with E-state index in [0.29, 0.717) is 18.9 Å². The van der Waals surface area contributed by atoms with Gasteiger partial charge >= 0.3 is 0 Å². The van der Waals surface area contributed by atoms with Crippen LogP contribution in [0, 0.1) is 19.8 Å². The second kappa shape index (κ2) is 8.33. The molecule has 0 N–H and O–H groups in total. The molecule has 0 saturated carbocycles. The Morgan fingerprint density at radius 1 is 1.35 bits per heavy atom. The van der Waals surface area contributed by atoms with Gasteiger partial charge in [0.15, 0.2) is 15.0 Å². The molecule has 1 amide bonds. The van der Waals surface area contributed by atoms with Crippen molar-refractivity contribution in [3.8, 4) is 0 Å². The van der Waals surface area contributed by atoms with Crippen molar-refractivity contribution in [1.29, 1.82) is 0 Å². The van der Waals surface area contributed by atoms with Crippen molar-refractivity contribution in [3.63, 3.8) is 0 Å². The van der Waals surface area contributed by atoms with E-state index in [2.05, 4.69) is 30.3 Å². The number of thioether (sulfide) groups is 1. The lowest BCUT2D eigenvalue weighted by molar-refractivity contribution is -0.131. The molecule has 2 unspecified atom stereocenters. The van der Waals surface area contributed by atoms with Crippen LogP contribution in [0.1, 0.15) is 45.5 Å². The van der Waals surface area contributed by atoms with E-state index in [1.807, 2.05) is 20.8 Å². The number of rotatable bonds is 7. The largest absolute Gasteiger partial charge is 0.338 e. The summed E-state index contributed by atoms with van der Waals surface area (Å²) in [6, 6.07) is -0.195. The van der Waals surface area contributed by atoms with E-state index in [1.165, 1.54) is 11.8 Å². The first-order valence-corrected chi connectivity index (χ1v) is 12.0. The summed E-state index contributed by atoms with van der Waals surface area (Å²) < 4.78 is 25.7. The van der Waals surface area contributed by atoms with Crippen molar-refractivity contribution >= 4 is 27.5 Å². The number of hydrogen-bond acceptors (Lipinski definition) is 5. The normalized spacial score (nSPS) is 20.5. The Balaban J connectivity index is 2.15. The SMILES string of the molecule is CCN(C(=O)C(C)Sc1nc(C)c(C)n1CC(C)C)C1CCS(=O)(=O)C1. The minimum Gasteiger partial charge on any atom is -0.338 e. The van der Waals surface area contributed by atoms with Crippen LogP contribution in [0.15, 0.2) is 5.16 Å². The molecule has 1 fully saturated rings. The van der Waals surface area contributed by atoms with Gasteiger partial charge in [0, 0.05) is 24.8 Å². The van der Waals surface area contributed by atoms with Gasteiger partial charge in [-0.15, -0.1) is 0 Å². The summed E-state index contributed by atoms with van der Waals surface area (Å²) in [7, 11) is -3.01. The molecule has 1 aliphatic heterocycles. The van der Waals surface area contributed by atoms with E-state index in [0.717, 1.165) is 23.1 Å². The summed E-state index contributed by atoms with van der Waals surface area (Å²) in [5.41, 5.74) is 2.12. The topological polar surface area (TPSA) is 72.3 Å². The maximum absolute atomic E-state index is 13.0. The molecule has 8 heteroatoms. The van der Waals surface area contributed by atoms with Crippen LogP contribution >= 0.6 is 11.8 Å². The highest BCUT2D eigenvalue weighted by molar-refractivity contribution is 8.00. The summed E-state index contributed by atoms with van der Waals surface area (Å²) in [6.07, 6.45) is 0.541. The lowest BCUT2D eigenvalue weighted by atomic mass is 10.2. The van der Waals surface area contributed by atoms with Crippen LogP contribution in [-0.2, 0) is 21.2 Å². The van der Waals surface area contributed by atoms with Crippen LogP contribution in [0.3, 0.4) is 0 Å². The number of carbonyl (C=O) groups excluding carboxylic acids is 1. The standard InChI is InChI=1S/C18H31N3O3S2/c1-7-20(16-8-9-26(23,24)11-16)17(22)15(6)25-18-19-13(4)14(5)21(18)10-12(2)3/h12,15-16H,7-11H2,1-6H3. The molecule has 2 atom stereocenters. The predicted octanol–water partition coefficient (Wildman–Crippen LogP) is 2.67. The summed E-state index contributed by atoms with van der Waals surface area (Å²) in [6.45, 7) is 13.6. The third-order valence-electron chi connectivity index (χ3n) is 4.87. The molecule has 0 radical (unpaired) electrons. The lowest BCUT2D eigenvalue weighted by Crippen LogP contribution is -2.44. The molecule has 2 rings (SSSR count). The minimum atomic E-state index is -3.01. The Labute approximate surface area is 161 Å². The highest BCUT2D eigenvalue weighted by atomic mass is 32.2. The van der Waals surface area contributed by atoms with Gasteiger partial charge in [0.25, 0.3) is 0 Å². The molecule has 1 aromatic rings. The third-order valence-corrected chi connectivity index (χ3v) is 7.70. The summed E-state index contributed by atoms with van der Waals surface area (Å²) in [5, 5.41) is 0.565. The quantitative estimate of drug-likeness (QED) is 0.657. The molecule has 0 bridgehead atoms. The number of aryl methyl sites for hydroxylation is 1. The average molecular weight is 402 g/mol. The molecular formula is C18H31N3O3S2. The van der Waals surface area contributed by atoms with Crippen molar-refractivity contribution in [2.75, 3.05) is 18.1 Å². The second-order valence-electron chi connectivity index (χ2n) is 7.51. The number of amides is 1. The van der Waals surface area contributed by atoms with E-state index in [1.54, 1.807) is 4.90 Å². The van der Waals surface area contributed by atoms with Crippen LogP contribution in [0.4, 0.5) is 0 Å². The number of sulfone groups is 1. The number of hydrogen-bond donors (Lipinski definition) is 0. The van der Waals surface area contributed by atoms with Crippen molar-refractivity contribution in [2.24, 2.45) is 5.92 Å². The van der Waals surface area contributed by atoms with E-state index in [-0.39, 0.29) is 28.7 Å². The summed E-state index contributed by atoms with van der Waals surface area (Å²) in [4.78, 5) is 19.4. The van der Waals surface area contributed by atoms with E-state index in [9.17, 15) is 13.2 Å². The fourth-order valence-electron chi connectivity index (χ4n) is 3.35. The highest BCUT2D eigenvalue weighted by Crippen LogP contribution is 2.28. The van der Waals surface area contributed by atoms with Crippen LogP contribution in [0.25, 0.3) is 0 Å². The molecule has 1 saturated heterocycles. The summed E-state index contributed by atoms with van der Waals surface area (Å²) in [5.74, 6) is 0.752. The van der Waals surface area contributed by atoms with E-state index < -0.39 is 9.84 Å². The van der Waals surface area contributed by atoms with Crippen molar-refractivity contribution in [3.05, 3.63) is 11.4 Å². The molecule has 1 aliphatic rings. The number of aromatic nitrogens is 2. The van der Waals surface area contributed by atoms with Gasteiger partial charge in [-0.1, -0.05) is 25.6 Å². The second-order valence-corrected chi connectivity index (χ2v) is 11.0. The van der Waals surface area contributed by atoms with E-state index >= 15 is 0 Å². The predicted molar refractivity (Wildman–Crippen MR) is 106 cm³/mol. The fraction of sp³-hybridized carbons (Fsp3) is 0.778. The van der Waals surface area contributed by atoms with Crippen LogP contribution in [0.2, 0.25) is 0 Å². The van der Waals surface area contributed by atoms with Gasteiger partial charge in [-0.3, -0.25) is 4.79 Å². The van der Waals surface area contributed by atoms with Crippen LogP contribution in [0.5, 0.6) is 0 Å². The van der Waals surface area contributed by atoms with Gasteiger partial charge in [0.05, 0.1) is 22.4 Å². The summed E-state index contributed by atoms with van der Waals surface area (Å²) >= 11 is 1.47. The van der Waals surface area contributed by atoms with E-state index in [4.69, 9.17) is 0 Å². The van der Waals surface area contributed by atoms with Crippen molar-refractivity contribution in [1.82, 2.24) is 14.5 Å². The smallest absolute Gasteiger partial charge is 0.236 e. The minimum absolute atomic E-state index is 0.00555. The van der Waals surface area contributed by atoms with Gasteiger partial charge in [0.1, 0.15) is 0 Å². The van der Waals surface area contributed by atoms with Gasteiger partial charge in [-0.25, -0.2) is 13.4 Å². The first-order valence-electron chi connectivity index (χ1n) is 9.27. The molecule has 0 spiro atoms. The number of carbonyl (C=O) groups is 1.